The number of methoxy groups -OCH3 is 3. The van der Waals surface area contributed by atoms with Gasteiger partial charge >= 0.3 is 5.63 Å². The van der Waals surface area contributed by atoms with Crippen LogP contribution in [0.2, 0.25) is 0 Å². The van der Waals surface area contributed by atoms with Crippen molar-refractivity contribution in [2.75, 3.05) is 40.7 Å². The smallest absolute Gasteiger partial charge is 0.343 e. The second-order valence-electron chi connectivity index (χ2n) is 8.63. The highest BCUT2D eigenvalue weighted by Gasteiger charge is 2.32. The first kappa shape index (κ1) is 27.3. The Hall–Kier alpha value is -3.25. The Balaban J connectivity index is 1.96. The normalized spacial score (nSPS) is 15.8. The minimum absolute atomic E-state index is 0.0897. The van der Waals surface area contributed by atoms with Crippen molar-refractivity contribution in [2.45, 2.75) is 38.1 Å². The molecule has 1 saturated heterocycles. The Kier molecular flexibility index (Phi) is 8.51. The molecule has 3 rings (SSSR count). The molecule has 0 unspecified atom stereocenters. The molecule has 1 aromatic carbocycles. The third-order valence-corrected chi connectivity index (χ3v) is 7.53. The van der Waals surface area contributed by atoms with E-state index in [0.717, 1.165) is 6.26 Å². The number of rotatable bonds is 9. The first-order valence-corrected chi connectivity index (χ1v) is 13.2. The van der Waals surface area contributed by atoms with Crippen molar-refractivity contribution in [3.63, 3.8) is 0 Å². The fourth-order valence-electron chi connectivity index (χ4n) is 4.50. The summed E-state index contributed by atoms with van der Waals surface area (Å²) in [7, 11) is 1.04. The molecule has 2 heterocycles. The van der Waals surface area contributed by atoms with Gasteiger partial charge in [0.2, 0.25) is 21.7 Å². The summed E-state index contributed by atoms with van der Waals surface area (Å²) in [6, 6.07) is 4.35. The highest BCUT2D eigenvalue weighted by molar-refractivity contribution is 7.88. The van der Waals surface area contributed by atoms with Crippen LogP contribution in [-0.2, 0) is 14.8 Å². The molecule has 1 aromatic heterocycles. The molecule has 2 N–H and O–H groups in total. The van der Waals surface area contributed by atoms with Gasteiger partial charge < -0.3 is 29.1 Å². The lowest BCUT2D eigenvalue weighted by Gasteiger charge is -2.31. The molecule has 1 amide bonds. The lowest BCUT2D eigenvalue weighted by molar-refractivity contribution is -0.122. The van der Waals surface area contributed by atoms with Gasteiger partial charge in [-0.2, -0.15) is 0 Å². The molecule has 1 aliphatic rings. The fraction of sp³-hybridized carbons (Fsp3) is 0.500. The van der Waals surface area contributed by atoms with Gasteiger partial charge in [0.1, 0.15) is 11.5 Å². The monoisotopic (exact) mass is 524 g/mol. The predicted octanol–water partition coefficient (Wildman–Crippen LogP) is 1.74. The summed E-state index contributed by atoms with van der Waals surface area (Å²) in [5.74, 6) is -0.496. The molecule has 12 heteroatoms. The molecule has 36 heavy (non-hydrogen) atoms. The van der Waals surface area contributed by atoms with Crippen LogP contribution in [0.25, 0.3) is 0 Å². The summed E-state index contributed by atoms with van der Waals surface area (Å²) in [4.78, 5) is 26.0. The predicted molar refractivity (Wildman–Crippen MR) is 132 cm³/mol. The van der Waals surface area contributed by atoms with E-state index in [4.69, 9.17) is 18.6 Å². The molecule has 11 nitrogen and oxygen atoms in total. The van der Waals surface area contributed by atoms with Crippen LogP contribution in [0.15, 0.2) is 27.4 Å². The Morgan fingerprint density at radius 1 is 1.17 bits per heavy atom. The number of carbonyl (C=O) groups excluding carboxylic acids is 1. The van der Waals surface area contributed by atoms with Gasteiger partial charge in [0.25, 0.3) is 0 Å². The van der Waals surface area contributed by atoms with Gasteiger partial charge in [-0.15, -0.1) is 0 Å². The van der Waals surface area contributed by atoms with E-state index in [1.807, 2.05) is 0 Å². The summed E-state index contributed by atoms with van der Waals surface area (Å²) in [6.07, 6.45) is 1.87. The Bertz CT molecular complexity index is 1270. The zero-order valence-electron chi connectivity index (χ0n) is 21.0. The summed E-state index contributed by atoms with van der Waals surface area (Å²) >= 11 is 0. The maximum atomic E-state index is 13.2. The quantitative estimate of drug-likeness (QED) is 0.501. The van der Waals surface area contributed by atoms with Gasteiger partial charge in [-0.3, -0.25) is 4.79 Å². The molecule has 0 radical (unpaired) electrons. The van der Waals surface area contributed by atoms with Crippen LogP contribution in [-0.4, -0.2) is 70.5 Å². The molecular formula is C24H32N2O9S. The molecular weight excluding hydrogens is 492 g/mol. The minimum atomic E-state index is -3.29. The number of aromatic hydroxyl groups is 1. The standard InChI is InChI=1S/C24H32N2O9S/c1-14-12-18(27)21(24(29)35-14)17(16-6-7-19(32-2)23(34-4)22(16)33-3)13-20(28)25-15-8-10-26(11-9-15)36(5,30)31/h6-7,12,15,17,27H,8-11,13H2,1-5H3,(H,25,28)/t17-/m0/s1. The molecule has 198 valence electrons. The molecule has 0 aliphatic carbocycles. The van der Waals surface area contributed by atoms with Crippen molar-refractivity contribution < 1.29 is 36.9 Å². The number of hydrogen-bond donors (Lipinski definition) is 2. The van der Waals surface area contributed by atoms with Crippen LogP contribution >= 0.6 is 0 Å². The zero-order valence-corrected chi connectivity index (χ0v) is 21.8. The van der Waals surface area contributed by atoms with Crippen molar-refractivity contribution in [1.29, 1.82) is 0 Å². The summed E-state index contributed by atoms with van der Waals surface area (Å²) in [6.45, 7) is 2.14. The number of ether oxygens (including phenoxy) is 3. The van der Waals surface area contributed by atoms with Gasteiger partial charge in [-0.05, 0) is 25.8 Å². The third kappa shape index (κ3) is 5.93. The maximum Gasteiger partial charge on any atom is 0.343 e. The average Bonchev–Trinajstić information content (AvgIpc) is 2.81. The fourth-order valence-corrected chi connectivity index (χ4v) is 5.37. The van der Waals surface area contributed by atoms with E-state index in [1.54, 1.807) is 12.1 Å². The molecule has 0 saturated carbocycles. The zero-order chi connectivity index (χ0) is 26.6. The summed E-state index contributed by atoms with van der Waals surface area (Å²) < 4.78 is 46.5. The minimum Gasteiger partial charge on any atom is -0.507 e. The number of benzene rings is 1. The first-order valence-electron chi connectivity index (χ1n) is 11.4. The van der Waals surface area contributed by atoms with Crippen molar-refractivity contribution in [3.8, 4) is 23.0 Å². The Labute approximate surface area is 210 Å². The van der Waals surface area contributed by atoms with Gasteiger partial charge in [0.05, 0.1) is 33.1 Å². The maximum absolute atomic E-state index is 13.2. The van der Waals surface area contributed by atoms with Crippen LogP contribution in [0.1, 0.15) is 42.1 Å². The van der Waals surface area contributed by atoms with Crippen LogP contribution < -0.4 is 25.2 Å². The summed E-state index contributed by atoms with van der Waals surface area (Å²) in [5.41, 5.74) is -0.444. The van der Waals surface area contributed by atoms with E-state index >= 15 is 0 Å². The van der Waals surface area contributed by atoms with Crippen LogP contribution in [0.3, 0.4) is 0 Å². The number of nitrogens with one attached hydrogen (secondary N) is 1. The van der Waals surface area contributed by atoms with Gasteiger partial charge in [-0.25, -0.2) is 17.5 Å². The van der Waals surface area contributed by atoms with Gasteiger partial charge in [0, 0.05) is 43.1 Å². The van der Waals surface area contributed by atoms with Gasteiger partial charge in [0.15, 0.2) is 11.5 Å². The summed E-state index contributed by atoms with van der Waals surface area (Å²) in [5, 5.41) is 13.6. The van der Waals surface area contributed by atoms with E-state index in [0.29, 0.717) is 37.2 Å². The van der Waals surface area contributed by atoms with E-state index in [-0.39, 0.29) is 46.9 Å². The number of hydrogen-bond acceptors (Lipinski definition) is 9. The molecule has 0 bridgehead atoms. The van der Waals surface area contributed by atoms with Crippen molar-refractivity contribution in [2.24, 2.45) is 0 Å². The number of nitrogens with zero attached hydrogens (tertiary/aromatic N) is 1. The lowest BCUT2D eigenvalue weighted by atomic mass is 9.87. The second kappa shape index (κ2) is 11.2. The highest BCUT2D eigenvalue weighted by Crippen LogP contribution is 2.45. The Morgan fingerprint density at radius 3 is 2.33 bits per heavy atom. The van der Waals surface area contributed by atoms with Crippen molar-refractivity contribution in [1.82, 2.24) is 9.62 Å². The first-order chi connectivity index (χ1) is 17.0. The largest absolute Gasteiger partial charge is 0.507 e. The van der Waals surface area contributed by atoms with Crippen molar-refractivity contribution >= 4 is 15.9 Å². The topological polar surface area (TPSA) is 145 Å². The second-order valence-corrected chi connectivity index (χ2v) is 10.6. The SMILES string of the molecule is COc1ccc([C@H](CC(=O)NC2CCN(S(C)(=O)=O)CC2)c2c(O)cc(C)oc2=O)c(OC)c1OC. The molecule has 2 aromatic rings. The van der Waals surface area contributed by atoms with Crippen LogP contribution in [0.5, 0.6) is 23.0 Å². The number of amides is 1. The number of aryl methyl sites for hydroxylation is 1. The highest BCUT2D eigenvalue weighted by atomic mass is 32.2. The number of carbonyl (C=O) groups is 1. The average molecular weight is 525 g/mol. The van der Waals surface area contributed by atoms with E-state index in [2.05, 4.69) is 5.32 Å². The number of sulfonamides is 1. The lowest BCUT2D eigenvalue weighted by Crippen LogP contribution is -2.46. The molecule has 1 aliphatic heterocycles. The van der Waals surface area contributed by atoms with Gasteiger partial charge in [-0.1, -0.05) is 6.07 Å². The van der Waals surface area contributed by atoms with E-state index in [1.165, 1.54) is 38.6 Å². The molecule has 1 atom stereocenters. The molecule has 1 fully saturated rings. The van der Waals surface area contributed by atoms with E-state index in [9.17, 15) is 23.1 Å². The molecule has 0 spiro atoms. The van der Waals surface area contributed by atoms with E-state index < -0.39 is 21.6 Å². The third-order valence-electron chi connectivity index (χ3n) is 6.23. The van der Waals surface area contributed by atoms with Crippen molar-refractivity contribution in [3.05, 3.63) is 45.5 Å². The Morgan fingerprint density at radius 2 is 1.81 bits per heavy atom. The van der Waals surface area contributed by atoms with Crippen LogP contribution in [0.4, 0.5) is 0 Å². The number of piperidine rings is 1. The van der Waals surface area contributed by atoms with Crippen LogP contribution in [0, 0.1) is 6.92 Å².